The average molecular weight is 241 g/mol. The SMILES string of the molecule is CC(N)c1nc(CN2CCOCC2C)cs1. The van der Waals surface area contributed by atoms with Gasteiger partial charge in [0.1, 0.15) is 5.01 Å². The summed E-state index contributed by atoms with van der Waals surface area (Å²) >= 11 is 1.65. The van der Waals surface area contributed by atoms with E-state index in [1.165, 1.54) is 0 Å². The zero-order chi connectivity index (χ0) is 11.5. The molecule has 1 saturated heterocycles. The van der Waals surface area contributed by atoms with Crippen LogP contribution < -0.4 is 5.73 Å². The van der Waals surface area contributed by atoms with Crippen molar-refractivity contribution in [2.75, 3.05) is 19.8 Å². The first-order chi connectivity index (χ1) is 7.66. The Morgan fingerprint density at radius 2 is 2.56 bits per heavy atom. The quantitative estimate of drug-likeness (QED) is 0.868. The van der Waals surface area contributed by atoms with Crippen LogP contribution in [-0.4, -0.2) is 35.7 Å². The second-order valence-electron chi connectivity index (χ2n) is 4.36. The Kier molecular flexibility index (Phi) is 3.91. The van der Waals surface area contributed by atoms with E-state index in [2.05, 4.69) is 22.2 Å². The third kappa shape index (κ3) is 2.79. The summed E-state index contributed by atoms with van der Waals surface area (Å²) in [5.74, 6) is 0. The van der Waals surface area contributed by atoms with Crippen LogP contribution in [0.15, 0.2) is 5.38 Å². The molecule has 0 radical (unpaired) electrons. The van der Waals surface area contributed by atoms with Gasteiger partial charge in [-0.25, -0.2) is 4.98 Å². The number of nitrogens with zero attached hydrogens (tertiary/aromatic N) is 2. The van der Waals surface area contributed by atoms with Crippen LogP contribution in [-0.2, 0) is 11.3 Å². The first-order valence-electron chi connectivity index (χ1n) is 5.68. The summed E-state index contributed by atoms with van der Waals surface area (Å²) in [5, 5.41) is 3.14. The third-order valence-electron chi connectivity index (χ3n) is 2.83. The van der Waals surface area contributed by atoms with Gasteiger partial charge in [0.05, 0.1) is 24.9 Å². The third-order valence-corrected chi connectivity index (χ3v) is 3.92. The number of rotatable bonds is 3. The second-order valence-corrected chi connectivity index (χ2v) is 5.25. The Labute approximate surface area is 100 Å². The fraction of sp³-hybridized carbons (Fsp3) is 0.727. The van der Waals surface area contributed by atoms with E-state index in [1.54, 1.807) is 11.3 Å². The van der Waals surface area contributed by atoms with Crippen molar-refractivity contribution >= 4 is 11.3 Å². The van der Waals surface area contributed by atoms with Gasteiger partial charge >= 0.3 is 0 Å². The molecule has 2 unspecified atom stereocenters. The summed E-state index contributed by atoms with van der Waals surface area (Å²) < 4.78 is 5.41. The Morgan fingerprint density at radius 3 is 3.19 bits per heavy atom. The number of hydrogen-bond donors (Lipinski definition) is 1. The van der Waals surface area contributed by atoms with Crippen molar-refractivity contribution < 1.29 is 4.74 Å². The fourth-order valence-corrected chi connectivity index (χ4v) is 2.58. The number of hydrogen-bond acceptors (Lipinski definition) is 5. The highest BCUT2D eigenvalue weighted by Gasteiger charge is 2.19. The molecule has 1 aliphatic heterocycles. The van der Waals surface area contributed by atoms with Crippen molar-refractivity contribution in [2.45, 2.75) is 32.5 Å². The van der Waals surface area contributed by atoms with Crippen LogP contribution >= 0.6 is 11.3 Å². The first-order valence-corrected chi connectivity index (χ1v) is 6.56. The van der Waals surface area contributed by atoms with Crippen molar-refractivity contribution in [3.05, 3.63) is 16.1 Å². The molecular formula is C11H19N3OS. The summed E-state index contributed by atoms with van der Waals surface area (Å²) in [6.07, 6.45) is 0. The van der Waals surface area contributed by atoms with E-state index >= 15 is 0 Å². The molecule has 5 heteroatoms. The molecule has 0 bridgehead atoms. The minimum absolute atomic E-state index is 0.0425. The van der Waals surface area contributed by atoms with E-state index in [0.29, 0.717) is 6.04 Å². The first kappa shape index (κ1) is 12.0. The lowest BCUT2D eigenvalue weighted by molar-refractivity contribution is -0.00485. The molecule has 0 aliphatic carbocycles. The van der Waals surface area contributed by atoms with Crippen molar-refractivity contribution in [1.82, 2.24) is 9.88 Å². The predicted molar refractivity (Wildman–Crippen MR) is 65.4 cm³/mol. The summed E-state index contributed by atoms with van der Waals surface area (Å²) in [6, 6.07) is 0.523. The molecule has 1 fully saturated rings. The highest BCUT2D eigenvalue weighted by atomic mass is 32.1. The fourth-order valence-electron chi connectivity index (χ4n) is 1.81. The molecule has 1 aliphatic rings. The van der Waals surface area contributed by atoms with Gasteiger partial charge in [-0.2, -0.15) is 0 Å². The lowest BCUT2D eigenvalue weighted by Gasteiger charge is -2.32. The standard InChI is InChI=1S/C11H19N3OS/c1-8-6-15-4-3-14(8)5-10-7-16-11(13-10)9(2)12/h7-9H,3-6,12H2,1-2H3. The van der Waals surface area contributed by atoms with Crippen LogP contribution in [0, 0.1) is 0 Å². The normalized spacial score (nSPS) is 24.6. The molecule has 2 rings (SSSR count). The van der Waals surface area contributed by atoms with Crippen molar-refractivity contribution in [1.29, 1.82) is 0 Å². The maximum Gasteiger partial charge on any atom is 0.109 e. The van der Waals surface area contributed by atoms with Crippen LogP contribution in [0.1, 0.15) is 30.6 Å². The van der Waals surface area contributed by atoms with Gasteiger partial charge in [0.25, 0.3) is 0 Å². The molecule has 2 atom stereocenters. The summed E-state index contributed by atoms with van der Waals surface area (Å²) in [6.45, 7) is 7.72. The van der Waals surface area contributed by atoms with Gasteiger partial charge in [0.15, 0.2) is 0 Å². The lowest BCUT2D eigenvalue weighted by atomic mass is 10.2. The predicted octanol–water partition coefficient (Wildman–Crippen LogP) is 1.38. The number of thiazole rings is 1. The smallest absolute Gasteiger partial charge is 0.109 e. The molecular weight excluding hydrogens is 222 g/mol. The van der Waals surface area contributed by atoms with E-state index in [-0.39, 0.29) is 6.04 Å². The zero-order valence-corrected chi connectivity index (χ0v) is 10.7. The largest absolute Gasteiger partial charge is 0.379 e. The van der Waals surface area contributed by atoms with Gasteiger partial charge < -0.3 is 10.5 Å². The molecule has 2 heterocycles. The molecule has 1 aromatic heterocycles. The average Bonchev–Trinajstić information content (AvgIpc) is 2.70. The van der Waals surface area contributed by atoms with Crippen LogP contribution in [0.4, 0.5) is 0 Å². The molecule has 90 valence electrons. The van der Waals surface area contributed by atoms with Crippen LogP contribution in [0.3, 0.4) is 0 Å². The number of morpholine rings is 1. The molecule has 16 heavy (non-hydrogen) atoms. The van der Waals surface area contributed by atoms with Gasteiger partial charge in [-0.1, -0.05) is 0 Å². The van der Waals surface area contributed by atoms with E-state index < -0.39 is 0 Å². The zero-order valence-electron chi connectivity index (χ0n) is 9.85. The minimum atomic E-state index is 0.0425. The summed E-state index contributed by atoms with van der Waals surface area (Å²) in [4.78, 5) is 6.96. The van der Waals surface area contributed by atoms with Crippen molar-refractivity contribution in [2.24, 2.45) is 5.73 Å². The van der Waals surface area contributed by atoms with Crippen LogP contribution in [0.2, 0.25) is 0 Å². The van der Waals surface area contributed by atoms with E-state index in [4.69, 9.17) is 10.5 Å². The Bertz CT molecular complexity index is 340. The van der Waals surface area contributed by atoms with E-state index in [1.807, 2.05) is 6.92 Å². The maximum atomic E-state index is 5.80. The summed E-state index contributed by atoms with van der Waals surface area (Å²) in [5.41, 5.74) is 6.93. The van der Waals surface area contributed by atoms with Gasteiger partial charge in [-0.3, -0.25) is 4.90 Å². The van der Waals surface area contributed by atoms with Crippen molar-refractivity contribution in [3.8, 4) is 0 Å². The Hall–Kier alpha value is -0.490. The molecule has 0 amide bonds. The van der Waals surface area contributed by atoms with Gasteiger partial charge in [-0.15, -0.1) is 11.3 Å². The van der Waals surface area contributed by atoms with E-state index in [0.717, 1.165) is 37.0 Å². The molecule has 0 spiro atoms. The maximum absolute atomic E-state index is 5.80. The topological polar surface area (TPSA) is 51.4 Å². The minimum Gasteiger partial charge on any atom is -0.379 e. The Morgan fingerprint density at radius 1 is 1.75 bits per heavy atom. The molecule has 4 nitrogen and oxygen atoms in total. The monoisotopic (exact) mass is 241 g/mol. The lowest BCUT2D eigenvalue weighted by Crippen LogP contribution is -2.42. The Balaban J connectivity index is 1.97. The van der Waals surface area contributed by atoms with Gasteiger partial charge in [0, 0.05) is 24.5 Å². The van der Waals surface area contributed by atoms with Gasteiger partial charge in [-0.05, 0) is 13.8 Å². The van der Waals surface area contributed by atoms with Crippen molar-refractivity contribution in [3.63, 3.8) is 0 Å². The molecule has 0 aromatic carbocycles. The van der Waals surface area contributed by atoms with Crippen LogP contribution in [0.5, 0.6) is 0 Å². The second kappa shape index (κ2) is 5.23. The number of aromatic nitrogens is 1. The number of ether oxygens (including phenoxy) is 1. The van der Waals surface area contributed by atoms with Crippen LogP contribution in [0.25, 0.3) is 0 Å². The molecule has 0 saturated carbocycles. The number of nitrogens with two attached hydrogens (primary N) is 1. The highest BCUT2D eigenvalue weighted by molar-refractivity contribution is 7.09. The van der Waals surface area contributed by atoms with Gasteiger partial charge in [0.2, 0.25) is 0 Å². The highest BCUT2D eigenvalue weighted by Crippen LogP contribution is 2.18. The summed E-state index contributed by atoms with van der Waals surface area (Å²) in [7, 11) is 0. The van der Waals surface area contributed by atoms with E-state index in [9.17, 15) is 0 Å². The molecule has 2 N–H and O–H groups in total. The molecule has 1 aromatic rings.